The number of ether oxygens (including phenoxy) is 1. The van der Waals surface area contributed by atoms with Crippen molar-refractivity contribution in [1.82, 2.24) is 15.0 Å². The molecule has 3 N–H and O–H groups in total. The van der Waals surface area contributed by atoms with E-state index in [1.807, 2.05) is 46.8 Å². The van der Waals surface area contributed by atoms with E-state index in [0.717, 1.165) is 11.3 Å². The lowest BCUT2D eigenvalue weighted by Gasteiger charge is -2.20. The van der Waals surface area contributed by atoms with Crippen LogP contribution in [-0.4, -0.2) is 15.0 Å². The van der Waals surface area contributed by atoms with Crippen LogP contribution in [-0.2, 0) is 5.41 Å². The molecule has 0 fully saturated rings. The second-order valence-electron chi connectivity index (χ2n) is 5.96. The third-order valence-corrected chi connectivity index (χ3v) is 3.01. The molecule has 0 aliphatic carbocycles. The van der Waals surface area contributed by atoms with Crippen molar-refractivity contribution in [1.29, 1.82) is 0 Å². The van der Waals surface area contributed by atoms with Crippen LogP contribution in [0.2, 0.25) is 0 Å². The van der Waals surface area contributed by atoms with Crippen molar-refractivity contribution in [2.45, 2.75) is 40.0 Å². The number of hydrogen-bond acceptors (Lipinski definition) is 6. The molecule has 21 heavy (non-hydrogen) atoms. The molecule has 0 atom stereocenters. The lowest BCUT2D eigenvalue weighted by molar-refractivity contribution is 0.440. The fourth-order valence-electron chi connectivity index (χ4n) is 1.70. The Kier molecular flexibility index (Phi) is 4.09. The average Bonchev–Trinajstić information content (AvgIpc) is 2.42. The standard InChI is InChI=1S/C15H21N5O/c1-9-6-7-11(8-17-9)21-13-10(2)12(20-16)18-14(19-13)15(3,4)5/h6-8H,16H2,1-5H3,(H,18,19,20). The third-order valence-electron chi connectivity index (χ3n) is 3.01. The zero-order chi connectivity index (χ0) is 15.6. The molecule has 0 unspecified atom stereocenters. The molecule has 0 bridgehead atoms. The Balaban J connectivity index is 2.44. The summed E-state index contributed by atoms with van der Waals surface area (Å²) in [4.78, 5) is 13.2. The van der Waals surface area contributed by atoms with E-state index in [9.17, 15) is 0 Å². The zero-order valence-corrected chi connectivity index (χ0v) is 13.1. The molecule has 2 aromatic rings. The fourth-order valence-corrected chi connectivity index (χ4v) is 1.70. The van der Waals surface area contributed by atoms with Gasteiger partial charge < -0.3 is 10.2 Å². The highest BCUT2D eigenvalue weighted by atomic mass is 16.5. The highest BCUT2D eigenvalue weighted by Gasteiger charge is 2.22. The summed E-state index contributed by atoms with van der Waals surface area (Å²) < 4.78 is 5.83. The van der Waals surface area contributed by atoms with Gasteiger partial charge in [0.05, 0.1) is 11.8 Å². The molecule has 2 rings (SSSR count). The average molecular weight is 287 g/mol. The van der Waals surface area contributed by atoms with Gasteiger partial charge in [-0.15, -0.1) is 0 Å². The summed E-state index contributed by atoms with van der Waals surface area (Å²) in [5.74, 6) is 7.87. The van der Waals surface area contributed by atoms with Gasteiger partial charge in [0.2, 0.25) is 5.88 Å². The number of aryl methyl sites for hydroxylation is 1. The Bertz CT molecular complexity index is 632. The lowest BCUT2D eigenvalue weighted by atomic mass is 9.95. The smallest absolute Gasteiger partial charge is 0.227 e. The molecule has 0 aromatic carbocycles. The summed E-state index contributed by atoms with van der Waals surface area (Å²) in [5, 5.41) is 0. The molecular weight excluding hydrogens is 266 g/mol. The molecule has 0 aliphatic rings. The summed E-state index contributed by atoms with van der Waals surface area (Å²) in [6, 6.07) is 3.74. The molecule has 6 nitrogen and oxygen atoms in total. The van der Waals surface area contributed by atoms with E-state index in [1.165, 1.54) is 0 Å². The quantitative estimate of drug-likeness (QED) is 0.667. The van der Waals surface area contributed by atoms with Crippen LogP contribution in [0.25, 0.3) is 0 Å². The van der Waals surface area contributed by atoms with Crippen LogP contribution in [0.3, 0.4) is 0 Å². The number of nitrogen functional groups attached to an aromatic ring is 1. The molecule has 112 valence electrons. The first-order valence-electron chi connectivity index (χ1n) is 6.77. The molecule has 0 aliphatic heterocycles. The summed E-state index contributed by atoms with van der Waals surface area (Å²) in [5.41, 5.74) is 4.08. The normalized spacial score (nSPS) is 11.3. The number of anilines is 1. The van der Waals surface area contributed by atoms with Crippen LogP contribution in [0.5, 0.6) is 11.6 Å². The number of nitrogens with zero attached hydrogens (tertiary/aromatic N) is 3. The summed E-state index contributed by atoms with van der Waals surface area (Å²) in [7, 11) is 0. The number of nitrogens with two attached hydrogens (primary N) is 1. The van der Waals surface area contributed by atoms with Gasteiger partial charge in [-0.2, -0.15) is 4.98 Å². The van der Waals surface area contributed by atoms with Gasteiger partial charge in [0, 0.05) is 11.1 Å². The van der Waals surface area contributed by atoms with E-state index in [-0.39, 0.29) is 5.41 Å². The topological polar surface area (TPSA) is 86.0 Å². The molecule has 0 radical (unpaired) electrons. The highest BCUT2D eigenvalue weighted by molar-refractivity contribution is 5.49. The largest absolute Gasteiger partial charge is 0.437 e. The minimum Gasteiger partial charge on any atom is -0.437 e. The predicted octanol–water partition coefficient (Wildman–Crippen LogP) is 2.86. The maximum Gasteiger partial charge on any atom is 0.227 e. The first kappa shape index (κ1) is 15.2. The summed E-state index contributed by atoms with van der Waals surface area (Å²) in [6.45, 7) is 9.89. The minimum atomic E-state index is -0.205. The van der Waals surface area contributed by atoms with Gasteiger partial charge in [0.1, 0.15) is 11.6 Å². The van der Waals surface area contributed by atoms with E-state index in [4.69, 9.17) is 10.6 Å². The van der Waals surface area contributed by atoms with Crippen LogP contribution in [0.1, 0.15) is 37.9 Å². The van der Waals surface area contributed by atoms with E-state index in [0.29, 0.717) is 23.3 Å². The first-order valence-corrected chi connectivity index (χ1v) is 6.77. The SMILES string of the molecule is Cc1ccc(Oc2nc(C(C)(C)C)nc(NN)c2C)cn1. The second-order valence-corrected chi connectivity index (χ2v) is 5.96. The van der Waals surface area contributed by atoms with Crippen molar-refractivity contribution < 1.29 is 4.74 Å². The zero-order valence-electron chi connectivity index (χ0n) is 13.1. The Morgan fingerprint density at radius 2 is 1.86 bits per heavy atom. The van der Waals surface area contributed by atoms with Gasteiger partial charge in [-0.25, -0.2) is 10.8 Å². The molecule has 0 amide bonds. The van der Waals surface area contributed by atoms with Crippen molar-refractivity contribution in [3.8, 4) is 11.6 Å². The molecule has 0 saturated heterocycles. The van der Waals surface area contributed by atoms with Crippen LogP contribution < -0.4 is 16.0 Å². The Morgan fingerprint density at radius 1 is 1.14 bits per heavy atom. The van der Waals surface area contributed by atoms with Crippen molar-refractivity contribution >= 4 is 5.82 Å². The summed E-state index contributed by atoms with van der Waals surface area (Å²) >= 11 is 0. The van der Waals surface area contributed by atoms with Crippen LogP contribution in [0, 0.1) is 13.8 Å². The van der Waals surface area contributed by atoms with Gasteiger partial charge in [-0.1, -0.05) is 20.8 Å². The number of pyridine rings is 1. The molecule has 2 aromatic heterocycles. The molecule has 0 spiro atoms. The molecule has 2 heterocycles. The van der Waals surface area contributed by atoms with Crippen molar-refractivity contribution in [3.63, 3.8) is 0 Å². The molecule has 0 saturated carbocycles. The van der Waals surface area contributed by atoms with Gasteiger partial charge in [0.25, 0.3) is 0 Å². The van der Waals surface area contributed by atoms with Crippen LogP contribution in [0.15, 0.2) is 18.3 Å². The lowest BCUT2D eigenvalue weighted by Crippen LogP contribution is -2.20. The number of hydrogen-bond donors (Lipinski definition) is 2. The second kappa shape index (κ2) is 5.65. The van der Waals surface area contributed by atoms with Crippen molar-refractivity contribution in [3.05, 3.63) is 35.4 Å². The van der Waals surface area contributed by atoms with E-state index >= 15 is 0 Å². The van der Waals surface area contributed by atoms with Crippen LogP contribution >= 0.6 is 0 Å². The predicted molar refractivity (Wildman–Crippen MR) is 82.3 cm³/mol. The maximum atomic E-state index is 5.83. The molecular formula is C15H21N5O. The Hall–Kier alpha value is -2.21. The first-order chi connectivity index (χ1) is 9.81. The fraction of sp³-hybridized carbons (Fsp3) is 0.400. The van der Waals surface area contributed by atoms with Gasteiger partial charge in [-0.05, 0) is 26.0 Å². The van der Waals surface area contributed by atoms with Gasteiger partial charge in [-0.3, -0.25) is 4.98 Å². The van der Waals surface area contributed by atoms with E-state index in [2.05, 4.69) is 20.4 Å². The summed E-state index contributed by atoms with van der Waals surface area (Å²) in [6.07, 6.45) is 1.67. The number of nitrogens with one attached hydrogen (secondary N) is 1. The Morgan fingerprint density at radius 3 is 2.38 bits per heavy atom. The minimum absolute atomic E-state index is 0.205. The Labute approximate surface area is 124 Å². The van der Waals surface area contributed by atoms with Crippen molar-refractivity contribution in [2.75, 3.05) is 5.43 Å². The van der Waals surface area contributed by atoms with Crippen LogP contribution in [0.4, 0.5) is 5.82 Å². The van der Waals surface area contributed by atoms with Crippen molar-refractivity contribution in [2.24, 2.45) is 5.84 Å². The third kappa shape index (κ3) is 3.46. The highest BCUT2D eigenvalue weighted by Crippen LogP contribution is 2.30. The van der Waals surface area contributed by atoms with E-state index < -0.39 is 0 Å². The number of hydrazine groups is 1. The molecule has 6 heteroatoms. The number of aromatic nitrogens is 3. The van der Waals surface area contributed by atoms with E-state index in [1.54, 1.807) is 6.20 Å². The number of rotatable bonds is 3. The monoisotopic (exact) mass is 287 g/mol. The van der Waals surface area contributed by atoms with Gasteiger partial charge in [0.15, 0.2) is 5.82 Å². The maximum absolute atomic E-state index is 5.83. The van der Waals surface area contributed by atoms with Gasteiger partial charge >= 0.3 is 0 Å².